The van der Waals surface area contributed by atoms with Gasteiger partial charge in [-0.05, 0) is 94.8 Å². The van der Waals surface area contributed by atoms with E-state index in [1.807, 2.05) is 74.1 Å². The Morgan fingerprint density at radius 3 is 2.58 bits per heavy atom. The van der Waals surface area contributed by atoms with Crippen LogP contribution in [0.2, 0.25) is 0 Å². The van der Waals surface area contributed by atoms with E-state index >= 15 is 0 Å². The number of benzene rings is 1. The number of imidazole rings is 1. The van der Waals surface area contributed by atoms with E-state index < -0.39 is 5.60 Å². The normalized spacial score (nSPS) is 16.9. The minimum absolute atomic E-state index is 0.0766. The van der Waals surface area contributed by atoms with Gasteiger partial charge in [0.05, 0.1) is 24.0 Å². The summed E-state index contributed by atoms with van der Waals surface area (Å²) in [7, 11) is 0. The van der Waals surface area contributed by atoms with Crippen molar-refractivity contribution in [2.45, 2.75) is 78.8 Å². The fourth-order valence-corrected chi connectivity index (χ4v) is 7.03. The van der Waals surface area contributed by atoms with Gasteiger partial charge in [0.1, 0.15) is 17.0 Å². The van der Waals surface area contributed by atoms with Crippen LogP contribution in [-0.4, -0.2) is 101 Å². The van der Waals surface area contributed by atoms with Crippen LogP contribution in [0.25, 0.3) is 33.5 Å². The number of aromatic nitrogens is 6. The number of pyridine rings is 2. The van der Waals surface area contributed by atoms with Crippen molar-refractivity contribution in [3.8, 4) is 22.6 Å². The van der Waals surface area contributed by atoms with Crippen molar-refractivity contribution >= 4 is 22.9 Å². The second-order valence-electron chi connectivity index (χ2n) is 14.8. The highest BCUT2D eigenvalue weighted by Gasteiger charge is 2.27. The van der Waals surface area contributed by atoms with Gasteiger partial charge in [-0.1, -0.05) is 12.1 Å². The van der Waals surface area contributed by atoms with Crippen molar-refractivity contribution in [2.75, 3.05) is 39.3 Å². The summed E-state index contributed by atoms with van der Waals surface area (Å²) in [6.07, 6.45) is 9.51. The van der Waals surface area contributed by atoms with Crippen molar-refractivity contribution in [2.24, 2.45) is 0 Å². The van der Waals surface area contributed by atoms with E-state index in [0.29, 0.717) is 50.0 Å². The third-order valence-electron chi connectivity index (χ3n) is 9.96. The molecule has 13 heteroatoms. The lowest BCUT2D eigenvalue weighted by molar-refractivity contribution is -0.0365. The fraction of sp³-hybridized carbons (Fsp3) is 0.450. The highest BCUT2D eigenvalue weighted by atomic mass is 16.6. The largest absolute Gasteiger partial charge is 0.444 e. The zero-order valence-electron chi connectivity index (χ0n) is 31.3. The van der Waals surface area contributed by atoms with Crippen LogP contribution in [0.3, 0.4) is 0 Å². The average molecular weight is 720 g/mol. The number of piperazine rings is 1. The van der Waals surface area contributed by atoms with Crippen molar-refractivity contribution < 1.29 is 19.1 Å². The number of H-pyrrole nitrogens is 1. The molecule has 5 aromatic rings. The Bertz CT molecular complexity index is 2060. The van der Waals surface area contributed by atoms with Crippen molar-refractivity contribution in [1.82, 2.24) is 44.4 Å². The third-order valence-corrected chi connectivity index (χ3v) is 9.96. The zero-order valence-corrected chi connectivity index (χ0v) is 31.3. The molecule has 1 N–H and O–H groups in total. The van der Waals surface area contributed by atoms with E-state index in [0.717, 1.165) is 77.7 Å². The van der Waals surface area contributed by atoms with E-state index in [2.05, 4.69) is 45.0 Å². The van der Waals surface area contributed by atoms with Gasteiger partial charge in [0, 0.05) is 75.4 Å². The molecule has 2 aliphatic heterocycles. The minimum Gasteiger partial charge on any atom is -0.444 e. The number of fused-ring (bicyclic) bond motifs is 1. The number of carbonyl (C=O) groups is 2. The molecule has 1 atom stereocenters. The number of hydrogen-bond acceptors (Lipinski definition) is 9. The molecule has 0 saturated carbocycles. The molecule has 2 saturated heterocycles. The first-order valence-electron chi connectivity index (χ1n) is 18.6. The van der Waals surface area contributed by atoms with Gasteiger partial charge in [0.2, 0.25) is 0 Å². The Kier molecular flexibility index (Phi) is 10.6. The first-order chi connectivity index (χ1) is 25.6. The van der Waals surface area contributed by atoms with Crippen LogP contribution in [0.1, 0.15) is 80.5 Å². The summed E-state index contributed by atoms with van der Waals surface area (Å²) in [5.41, 5.74) is 6.33. The molecule has 2 amide bonds. The number of nitrogens with one attached hydrogen (secondary N) is 1. The standard InChI is InChI=1S/C40H49N9O4/c1-6-47(39(51)53-40(3,4)5)25-29-22-41-23-32(27(29)2)28-13-14-34-31(21-28)36(45-49(34)35-12-8-10-20-52-35)37-43-24-33(44-37)38(50)48-18-16-46(17-19-48)26-30-11-7-9-15-42-30/h7,9,11,13-15,21-24,35H,6,8,10,12,16-20,25-26H2,1-5H3,(H,43,44). The van der Waals surface area contributed by atoms with Gasteiger partial charge in [-0.3, -0.25) is 19.7 Å². The third kappa shape index (κ3) is 8.11. The van der Waals surface area contributed by atoms with Gasteiger partial charge in [-0.25, -0.2) is 14.5 Å². The van der Waals surface area contributed by atoms with Crippen LogP contribution < -0.4 is 0 Å². The number of carbonyl (C=O) groups excluding carboxylic acids is 2. The van der Waals surface area contributed by atoms with E-state index in [1.165, 1.54) is 0 Å². The first kappa shape index (κ1) is 36.2. The monoisotopic (exact) mass is 719 g/mol. The van der Waals surface area contributed by atoms with Gasteiger partial charge in [-0.2, -0.15) is 5.10 Å². The molecular formula is C40H49N9O4. The van der Waals surface area contributed by atoms with Crippen molar-refractivity contribution in [3.05, 3.63) is 83.7 Å². The van der Waals surface area contributed by atoms with E-state index in [1.54, 1.807) is 11.1 Å². The van der Waals surface area contributed by atoms with Gasteiger partial charge in [-0.15, -0.1) is 0 Å². The lowest BCUT2D eigenvalue weighted by Gasteiger charge is -2.34. The smallest absolute Gasteiger partial charge is 0.410 e. The molecular weight excluding hydrogens is 670 g/mol. The van der Waals surface area contributed by atoms with Crippen LogP contribution >= 0.6 is 0 Å². The van der Waals surface area contributed by atoms with Crippen LogP contribution in [0, 0.1) is 6.92 Å². The maximum absolute atomic E-state index is 13.7. The van der Waals surface area contributed by atoms with Crippen LogP contribution in [0.15, 0.2) is 61.2 Å². The van der Waals surface area contributed by atoms with Gasteiger partial charge < -0.3 is 24.3 Å². The van der Waals surface area contributed by atoms with Crippen LogP contribution in [0.5, 0.6) is 0 Å². The summed E-state index contributed by atoms with van der Waals surface area (Å²) < 4.78 is 13.8. The van der Waals surface area contributed by atoms with Gasteiger partial charge in [0.15, 0.2) is 12.1 Å². The van der Waals surface area contributed by atoms with E-state index in [-0.39, 0.29) is 18.2 Å². The van der Waals surface area contributed by atoms with Gasteiger partial charge >= 0.3 is 6.09 Å². The number of amides is 2. The molecule has 13 nitrogen and oxygen atoms in total. The number of rotatable bonds is 9. The number of nitrogens with zero attached hydrogens (tertiary/aromatic N) is 8. The molecule has 278 valence electrons. The highest BCUT2D eigenvalue weighted by molar-refractivity contribution is 5.97. The molecule has 2 aliphatic rings. The summed E-state index contributed by atoms with van der Waals surface area (Å²) in [6, 6.07) is 12.2. The average Bonchev–Trinajstić information content (AvgIpc) is 3.80. The molecule has 53 heavy (non-hydrogen) atoms. The predicted octanol–water partition coefficient (Wildman–Crippen LogP) is 6.61. The molecule has 7 rings (SSSR count). The highest BCUT2D eigenvalue weighted by Crippen LogP contribution is 2.36. The summed E-state index contributed by atoms with van der Waals surface area (Å²) in [5, 5.41) is 5.97. The number of ether oxygens (including phenoxy) is 2. The minimum atomic E-state index is -0.585. The Labute approximate surface area is 310 Å². The maximum Gasteiger partial charge on any atom is 0.410 e. The first-order valence-corrected chi connectivity index (χ1v) is 18.6. The number of hydrogen-bond donors (Lipinski definition) is 1. The topological polar surface area (TPSA) is 135 Å². The van der Waals surface area contributed by atoms with Crippen molar-refractivity contribution in [1.29, 1.82) is 0 Å². The Balaban J connectivity index is 1.16. The number of aromatic amines is 1. The van der Waals surface area contributed by atoms with E-state index in [4.69, 9.17) is 19.6 Å². The molecule has 0 radical (unpaired) electrons. The van der Waals surface area contributed by atoms with Crippen LogP contribution in [-0.2, 0) is 22.6 Å². The second-order valence-corrected chi connectivity index (χ2v) is 14.8. The van der Waals surface area contributed by atoms with E-state index in [9.17, 15) is 9.59 Å². The summed E-state index contributed by atoms with van der Waals surface area (Å²) in [5.74, 6) is 0.450. The summed E-state index contributed by atoms with van der Waals surface area (Å²) >= 11 is 0. The van der Waals surface area contributed by atoms with Crippen LogP contribution in [0.4, 0.5) is 4.79 Å². The quantitative estimate of drug-likeness (QED) is 0.179. The lowest BCUT2D eigenvalue weighted by atomic mass is 9.97. The SMILES string of the molecule is CCN(Cc1cncc(-c2ccc3c(c2)c(-c2ncc(C(=O)N4CCN(Cc5ccccn5)CC4)[nH]2)nn3C2CCCCO2)c1C)C(=O)OC(C)(C)C. The lowest BCUT2D eigenvalue weighted by Crippen LogP contribution is -2.48. The molecule has 0 spiro atoms. The molecule has 1 aromatic carbocycles. The Morgan fingerprint density at radius 1 is 1.04 bits per heavy atom. The van der Waals surface area contributed by atoms with Gasteiger partial charge in [0.25, 0.3) is 5.91 Å². The molecule has 6 heterocycles. The molecule has 2 fully saturated rings. The predicted molar refractivity (Wildman–Crippen MR) is 202 cm³/mol. The van der Waals surface area contributed by atoms with Crippen molar-refractivity contribution in [3.63, 3.8) is 0 Å². The zero-order chi connectivity index (χ0) is 37.1. The molecule has 4 aromatic heterocycles. The Morgan fingerprint density at radius 2 is 1.87 bits per heavy atom. The summed E-state index contributed by atoms with van der Waals surface area (Å²) in [6.45, 7) is 14.7. The Hall–Kier alpha value is -5.14. The summed E-state index contributed by atoms with van der Waals surface area (Å²) in [4.78, 5) is 49.6. The molecule has 0 aliphatic carbocycles. The molecule has 1 unspecified atom stereocenters. The fourth-order valence-electron chi connectivity index (χ4n) is 7.03. The molecule has 0 bridgehead atoms. The second kappa shape index (κ2) is 15.5. The maximum atomic E-state index is 13.7.